The molecule has 0 saturated heterocycles. The van der Waals surface area contributed by atoms with Crippen molar-refractivity contribution in [3.63, 3.8) is 0 Å². The molecule has 1 N–H and O–H groups in total. The fourth-order valence-corrected chi connectivity index (χ4v) is 2.82. The van der Waals surface area contributed by atoms with Crippen LogP contribution in [0.25, 0.3) is 0 Å². The summed E-state index contributed by atoms with van der Waals surface area (Å²) < 4.78 is 5.14. The molecule has 1 aliphatic rings. The van der Waals surface area contributed by atoms with E-state index in [9.17, 15) is 5.11 Å². The molecule has 0 bridgehead atoms. The van der Waals surface area contributed by atoms with Crippen LogP contribution in [0.3, 0.4) is 0 Å². The molecule has 1 rings (SSSR count). The fraction of sp³-hybridized carbons (Fsp3) is 1.00. The van der Waals surface area contributed by atoms with Crippen LogP contribution in [0.2, 0.25) is 0 Å². The van der Waals surface area contributed by atoms with Gasteiger partial charge in [0.2, 0.25) is 0 Å². The van der Waals surface area contributed by atoms with Crippen molar-refractivity contribution in [3.8, 4) is 0 Å². The lowest BCUT2D eigenvalue weighted by atomic mass is 9.66. The van der Waals surface area contributed by atoms with E-state index >= 15 is 0 Å². The molecule has 0 radical (unpaired) electrons. The molecule has 2 nitrogen and oxygen atoms in total. The fourth-order valence-electron chi connectivity index (χ4n) is 2.82. The predicted molar refractivity (Wildman–Crippen MR) is 62.8 cm³/mol. The molecule has 3 atom stereocenters. The zero-order valence-electron chi connectivity index (χ0n) is 10.6. The summed E-state index contributed by atoms with van der Waals surface area (Å²) in [5.41, 5.74) is 0.292. The summed E-state index contributed by atoms with van der Waals surface area (Å²) in [5.74, 6) is 1.10. The monoisotopic (exact) mass is 214 g/mol. The molecule has 15 heavy (non-hydrogen) atoms. The molecule has 3 unspecified atom stereocenters. The summed E-state index contributed by atoms with van der Waals surface area (Å²) in [6.45, 7) is 7.53. The number of hydrogen-bond donors (Lipinski definition) is 1. The van der Waals surface area contributed by atoms with E-state index in [0.717, 1.165) is 19.4 Å². The summed E-state index contributed by atoms with van der Waals surface area (Å²) in [4.78, 5) is 0. The van der Waals surface area contributed by atoms with Gasteiger partial charge >= 0.3 is 0 Å². The van der Waals surface area contributed by atoms with Gasteiger partial charge in [-0.15, -0.1) is 0 Å². The van der Waals surface area contributed by atoms with Crippen molar-refractivity contribution in [1.29, 1.82) is 0 Å². The van der Waals surface area contributed by atoms with E-state index in [-0.39, 0.29) is 6.10 Å². The Bertz CT molecular complexity index is 191. The van der Waals surface area contributed by atoms with Gasteiger partial charge in [-0.25, -0.2) is 0 Å². The minimum Gasteiger partial charge on any atom is -0.393 e. The van der Waals surface area contributed by atoms with Crippen molar-refractivity contribution in [2.45, 2.75) is 52.6 Å². The quantitative estimate of drug-likeness (QED) is 0.779. The summed E-state index contributed by atoms with van der Waals surface area (Å²) >= 11 is 0. The first-order valence-electron chi connectivity index (χ1n) is 6.15. The van der Waals surface area contributed by atoms with E-state index < -0.39 is 0 Å². The lowest BCUT2D eigenvalue weighted by Gasteiger charge is -2.42. The molecule has 0 amide bonds. The van der Waals surface area contributed by atoms with E-state index in [1.165, 1.54) is 12.8 Å². The third kappa shape index (κ3) is 3.46. The van der Waals surface area contributed by atoms with E-state index in [0.29, 0.717) is 17.3 Å². The second-order valence-corrected chi connectivity index (χ2v) is 5.77. The highest BCUT2D eigenvalue weighted by Gasteiger charge is 2.37. The zero-order valence-corrected chi connectivity index (χ0v) is 10.6. The SMILES string of the molecule is COCCC1(C)CCC(C(C)C)C(O)C1. The molecule has 0 spiro atoms. The van der Waals surface area contributed by atoms with Crippen molar-refractivity contribution in [2.24, 2.45) is 17.3 Å². The van der Waals surface area contributed by atoms with Gasteiger partial charge in [0.05, 0.1) is 6.10 Å². The van der Waals surface area contributed by atoms with Gasteiger partial charge in [0.15, 0.2) is 0 Å². The summed E-state index contributed by atoms with van der Waals surface area (Å²) in [7, 11) is 1.75. The third-order valence-electron chi connectivity index (χ3n) is 4.04. The first-order chi connectivity index (χ1) is 6.98. The molecule has 1 aliphatic carbocycles. The standard InChI is InChI=1S/C13H26O2/c1-10(2)11-5-6-13(3,7-8-15-4)9-12(11)14/h10-12,14H,5-9H2,1-4H3. The van der Waals surface area contributed by atoms with Crippen LogP contribution in [-0.4, -0.2) is 24.9 Å². The zero-order chi connectivity index (χ0) is 11.5. The van der Waals surface area contributed by atoms with Gasteiger partial charge in [-0.2, -0.15) is 0 Å². The first kappa shape index (κ1) is 13.0. The third-order valence-corrected chi connectivity index (χ3v) is 4.04. The Balaban J connectivity index is 2.48. The Labute approximate surface area is 94.0 Å². The van der Waals surface area contributed by atoms with Crippen LogP contribution in [0, 0.1) is 17.3 Å². The van der Waals surface area contributed by atoms with Gasteiger partial charge in [0, 0.05) is 13.7 Å². The smallest absolute Gasteiger partial charge is 0.0576 e. The van der Waals surface area contributed by atoms with Crippen LogP contribution in [0.4, 0.5) is 0 Å². The molecule has 0 aromatic carbocycles. The highest BCUT2D eigenvalue weighted by Crippen LogP contribution is 2.43. The van der Waals surface area contributed by atoms with Crippen molar-refractivity contribution >= 4 is 0 Å². The highest BCUT2D eigenvalue weighted by molar-refractivity contribution is 4.88. The average Bonchev–Trinajstić information content (AvgIpc) is 2.14. The molecule has 0 heterocycles. The van der Waals surface area contributed by atoms with Gasteiger partial charge in [-0.3, -0.25) is 0 Å². The lowest BCUT2D eigenvalue weighted by Crippen LogP contribution is -2.38. The van der Waals surface area contributed by atoms with Crippen LogP contribution in [0.1, 0.15) is 46.5 Å². The molecular weight excluding hydrogens is 188 g/mol. The van der Waals surface area contributed by atoms with Crippen molar-refractivity contribution in [3.05, 3.63) is 0 Å². The van der Waals surface area contributed by atoms with Crippen LogP contribution >= 0.6 is 0 Å². The predicted octanol–water partition coefficient (Wildman–Crippen LogP) is 2.85. The van der Waals surface area contributed by atoms with E-state index in [2.05, 4.69) is 20.8 Å². The lowest BCUT2D eigenvalue weighted by molar-refractivity contribution is -0.0206. The Morgan fingerprint density at radius 2 is 2.13 bits per heavy atom. The molecule has 2 heteroatoms. The maximum atomic E-state index is 10.1. The van der Waals surface area contributed by atoms with Crippen molar-refractivity contribution < 1.29 is 9.84 Å². The second-order valence-electron chi connectivity index (χ2n) is 5.77. The van der Waals surface area contributed by atoms with Crippen molar-refractivity contribution in [1.82, 2.24) is 0 Å². The van der Waals surface area contributed by atoms with Gasteiger partial charge in [0.25, 0.3) is 0 Å². The van der Waals surface area contributed by atoms with E-state index in [4.69, 9.17) is 4.74 Å². The van der Waals surface area contributed by atoms with E-state index in [1.54, 1.807) is 7.11 Å². The number of methoxy groups -OCH3 is 1. The minimum absolute atomic E-state index is 0.111. The van der Waals surface area contributed by atoms with Gasteiger partial charge in [-0.1, -0.05) is 20.8 Å². The molecule has 0 aromatic rings. The Morgan fingerprint density at radius 1 is 1.47 bits per heavy atom. The number of aliphatic hydroxyl groups is 1. The summed E-state index contributed by atoms with van der Waals surface area (Å²) in [5, 5.41) is 10.1. The number of hydrogen-bond acceptors (Lipinski definition) is 2. The largest absolute Gasteiger partial charge is 0.393 e. The van der Waals surface area contributed by atoms with Crippen LogP contribution < -0.4 is 0 Å². The topological polar surface area (TPSA) is 29.5 Å². The second kappa shape index (κ2) is 5.31. The normalized spacial score (nSPS) is 37.2. The van der Waals surface area contributed by atoms with Gasteiger partial charge in [-0.05, 0) is 42.9 Å². The van der Waals surface area contributed by atoms with Gasteiger partial charge < -0.3 is 9.84 Å². The number of rotatable bonds is 4. The molecule has 90 valence electrons. The van der Waals surface area contributed by atoms with Gasteiger partial charge in [0.1, 0.15) is 0 Å². The van der Waals surface area contributed by atoms with Crippen LogP contribution in [-0.2, 0) is 4.74 Å². The highest BCUT2D eigenvalue weighted by atomic mass is 16.5. The molecule has 1 saturated carbocycles. The van der Waals surface area contributed by atoms with E-state index in [1.807, 2.05) is 0 Å². The minimum atomic E-state index is -0.111. The molecule has 1 fully saturated rings. The number of ether oxygens (including phenoxy) is 1. The van der Waals surface area contributed by atoms with Crippen molar-refractivity contribution in [2.75, 3.05) is 13.7 Å². The maximum absolute atomic E-state index is 10.1. The summed E-state index contributed by atoms with van der Waals surface area (Å²) in [6.07, 6.45) is 4.31. The summed E-state index contributed by atoms with van der Waals surface area (Å²) in [6, 6.07) is 0. The number of aliphatic hydroxyl groups excluding tert-OH is 1. The molecular formula is C13H26O2. The first-order valence-corrected chi connectivity index (χ1v) is 6.15. The van der Waals surface area contributed by atoms with Crippen LogP contribution in [0.5, 0.6) is 0 Å². The Hall–Kier alpha value is -0.0800. The Morgan fingerprint density at radius 3 is 2.60 bits per heavy atom. The maximum Gasteiger partial charge on any atom is 0.0576 e. The Kier molecular flexibility index (Phi) is 4.60. The van der Waals surface area contributed by atoms with Crippen LogP contribution in [0.15, 0.2) is 0 Å². The molecule has 0 aliphatic heterocycles. The molecule has 0 aromatic heterocycles. The average molecular weight is 214 g/mol.